The fourth-order valence-electron chi connectivity index (χ4n) is 3.97. The van der Waals surface area contributed by atoms with E-state index >= 15 is 0 Å². The van der Waals surface area contributed by atoms with Gasteiger partial charge in [0.05, 0.1) is 5.02 Å². The van der Waals surface area contributed by atoms with Crippen LogP contribution in [0.2, 0.25) is 5.02 Å². The molecular weight excluding hydrogens is 396 g/mol. The lowest BCUT2D eigenvalue weighted by atomic mass is 10.1. The first kappa shape index (κ1) is 21.0. The van der Waals surface area contributed by atoms with Crippen molar-refractivity contribution in [2.24, 2.45) is 0 Å². The summed E-state index contributed by atoms with van der Waals surface area (Å²) in [5, 5.41) is 13.1. The molecule has 3 aromatic rings. The van der Waals surface area contributed by atoms with Crippen LogP contribution in [0.15, 0.2) is 54.6 Å². The van der Waals surface area contributed by atoms with Gasteiger partial charge in [0.2, 0.25) is 0 Å². The SMILES string of the molecule is Cc1ccc(N2CCN(C[C@H](O)COc3ccc4ccccc4c3Cl)CC2)cc1C. The molecule has 1 saturated heterocycles. The minimum Gasteiger partial charge on any atom is -0.489 e. The summed E-state index contributed by atoms with van der Waals surface area (Å²) < 4.78 is 5.84. The molecule has 1 fully saturated rings. The molecule has 0 bridgehead atoms. The molecule has 3 aromatic carbocycles. The van der Waals surface area contributed by atoms with E-state index in [-0.39, 0.29) is 6.61 Å². The van der Waals surface area contributed by atoms with E-state index < -0.39 is 6.10 Å². The highest BCUT2D eigenvalue weighted by atomic mass is 35.5. The number of piperazine rings is 1. The molecule has 0 aromatic heterocycles. The zero-order valence-electron chi connectivity index (χ0n) is 17.6. The van der Waals surface area contributed by atoms with E-state index in [0.717, 1.165) is 37.0 Å². The third kappa shape index (κ3) is 4.72. The van der Waals surface area contributed by atoms with Crippen LogP contribution < -0.4 is 9.64 Å². The monoisotopic (exact) mass is 424 g/mol. The normalized spacial score (nSPS) is 16.1. The zero-order valence-corrected chi connectivity index (χ0v) is 18.4. The third-order valence-electron chi connectivity index (χ3n) is 5.96. The van der Waals surface area contributed by atoms with E-state index in [1.54, 1.807) is 0 Å². The average molecular weight is 425 g/mol. The van der Waals surface area contributed by atoms with E-state index in [9.17, 15) is 5.11 Å². The third-order valence-corrected chi connectivity index (χ3v) is 6.35. The maximum absolute atomic E-state index is 10.5. The van der Waals surface area contributed by atoms with E-state index in [1.807, 2.05) is 36.4 Å². The predicted octanol–water partition coefficient (Wildman–Crippen LogP) is 4.67. The fourth-order valence-corrected chi connectivity index (χ4v) is 4.26. The number of β-amino-alcohol motifs (C(OH)–C–C–N with tert-alkyl or cyclic N) is 1. The van der Waals surface area contributed by atoms with Crippen molar-refractivity contribution >= 4 is 28.1 Å². The Balaban J connectivity index is 1.27. The Morgan fingerprint density at radius 2 is 1.73 bits per heavy atom. The minimum absolute atomic E-state index is 0.232. The van der Waals surface area contributed by atoms with Gasteiger partial charge in [-0.1, -0.05) is 48.0 Å². The summed E-state index contributed by atoms with van der Waals surface area (Å²) in [7, 11) is 0. The lowest BCUT2D eigenvalue weighted by Crippen LogP contribution is -2.49. The van der Waals surface area contributed by atoms with Crippen LogP contribution in [-0.4, -0.2) is 55.4 Å². The number of aryl methyl sites for hydroxylation is 2. The maximum Gasteiger partial charge on any atom is 0.138 e. The van der Waals surface area contributed by atoms with Gasteiger partial charge in [0, 0.05) is 43.8 Å². The summed E-state index contributed by atoms with van der Waals surface area (Å²) >= 11 is 6.49. The van der Waals surface area contributed by atoms with Gasteiger partial charge in [-0.15, -0.1) is 0 Å². The van der Waals surface area contributed by atoms with Crippen LogP contribution in [0.25, 0.3) is 10.8 Å². The highest BCUT2D eigenvalue weighted by Gasteiger charge is 2.20. The Hall–Kier alpha value is -2.27. The second-order valence-corrected chi connectivity index (χ2v) is 8.50. The lowest BCUT2D eigenvalue weighted by Gasteiger charge is -2.37. The molecule has 158 valence electrons. The molecule has 0 spiro atoms. The van der Waals surface area contributed by atoms with Gasteiger partial charge in [-0.2, -0.15) is 0 Å². The van der Waals surface area contributed by atoms with Gasteiger partial charge < -0.3 is 14.7 Å². The molecule has 1 N–H and O–H groups in total. The van der Waals surface area contributed by atoms with E-state index in [0.29, 0.717) is 17.3 Å². The fraction of sp³-hybridized carbons (Fsp3) is 0.360. The Bertz CT molecular complexity index is 1020. The van der Waals surface area contributed by atoms with Crippen LogP contribution in [0.4, 0.5) is 5.69 Å². The molecule has 1 heterocycles. The molecule has 4 rings (SSSR count). The largest absolute Gasteiger partial charge is 0.489 e. The number of aliphatic hydroxyl groups is 1. The first-order valence-electron chi connectivity index (χ1n) is 10.5. The molecule has 0 radical (unpaired) electrons. The zero-order chi connectivity index (χ0) is 21.1. The van der Waals surface area contributed by atoms with Gasteiger partial charge in [-0.25, -0.2) is 0 Å². The van der Waals surface area contributed by atoms with Gasteiger partial charge in [0.15, 0.2) is 0 Å². The van der Waals surface area contributed by atoms with E-state index in [2.05, 4.69) is 41.8 Å². The Morgan fingerprint density at radius 1 is 0.967 bits per heavy atom. The molecule has 0 aliphatic carbocycles. The summed E-state index contributed by atoms with van der Waals surface area (Å²) in [6.45, 7) is 8.93. The predicted molar refractivity (Wildman–Crippen MR) is 125 cm³/mol. The first-order valence-corrected chi connectivity index (χ1v) is 10.9. The second-order valence-electron chi connectivity index (χ2n) is 8.12. The van der Waals surface area contributed by atoms with Gasteiger partial charge in [0.25, 0.3) is 0 Å². The highest BCUT2D eigenvalue weighted by molar-refractivity contribution is 6.37. The van der Waals surface area contributed by atoms with Crippen LogP contribution >= 0.6 is 11.6 Å². The maximum atomic E-state index is 10.5. The summed E-state index contributed by atoms with van der Waals surface area (Å²) in [4.78, 5) is 4.72. The van der Waals surface area contributed by atoms with Gasteiger partial charge in [0.1, 0.15) is 18.5 Å². The van der Waals surface area contributed by atoms with Crippen LogP contribution in [-0.2, 0) is 0 Å². The second kappa shape index (κ2) is 9.25. The van der Waals surface area contributed by atoms with Gasteiger partial charge in [-0.05, 0) is 48.6 Å². The summed E-state index contributed by atoms with van der Waals surface area (Å²) in [6, 6.07) is 18.5. The molecule has 30 heavy (non-hydrogen) atoms. The lowest BCUT2D eigenvalue weighted by molar-refractivity contribution is 0.0664. The standard InChI is InChI=1S/C25H29ClN2O2/c1-18-7-9-21(15-19(18)2)28-13-11-27(12-14-28)16-22(29)17-30-24-10-8-20-5-3-4-6-23(20)25(24)26/h3-10,15,22,29H,11-14,16-17H2,1-2H3/t22-/m0/s1. The van der Waals surface area contributed by atoms with Crippen molar-refractivity contribution in [3.63, 3.8) is 0 Å². The number of rotatable bonds is 6. The number of anilines is 1. The number of benzene rings is 3. The van der Waals surface area contributed by atoms with Gasteiger partial charge >= 0.3 is 0 Å². The van der Waals surface area contributed by atoms with Crippen molar-refractivity contribution in [3.05, 3.63) is 70.7 Å². The minimum atomic E-state index is -0.555. The Kier molecular flexibility index (Phi) is 6.47. The topological polar surface area (TPSA) is 35.9 Å². The van der Waals surface area contributed by atoms with E-state index in [4.69, 9.17) is 16.3 Å². The smallest absolute Gasteiger partial charge is 0.138 e. The van der Waals surface area contributed by atoms with Crippen molar-refractivity contribution in [1.82, 2.24) is 4.90 Å². The molecule has 0 amide bonds. The molecule has 4 nitrogen and oxygen atoms in total. The number of nitrogens with zero attached hydrogens (tertiary/aromatic N) is 2. The molecule has 1 aliphatic rings. The van der Waals surface area contributed by atoms with Crippen molar-refractivity contribution < 1.29 is 9.84 Å². The quantitative estimate of drug-likeness (QED) is 0.623. The van der Waals surface area contributed by atoms with Crippen molar-refractivity contribution in [1.29, 1.82) is 0 Å². The average Bonchev–Trinajstić information content (AvgIpc) is 2.76. The van der Waals surface area contributed by atoms with Gasteiger partial charge in [-0.3, -0.25) is 4.90 Å². The van der Waals surface area contributed by atoms with Crippen LogP contribution in [0.5, 0.6) is 5.75 Å². The molecule has 1 aliphatic heterocycles. The number of aliphatic hydroxyl groups excluding tert-OH is 1. The van der Waals surface area contributed by atoms with Crippen LogP contribution in [0.1, 0.15) is 11.1 Å². The molecule has 1 atom stereocenters. The number of hydrogen-bond donors (Lipinski definition) is 1. The molecule has 0 saturated carbocycles. The van der Waals surface area contributed by atoms with Crippen molar-refractivity contribution in [2.45, 2.75) is 20.0 Å². The van der Waals surface area contributed by atoms with Crippen molar-refractivity contribution in [3.8, 4) is 5.75 Å². The Labute approximate surface area is 183 Å². The highest BCUT2D eigenvalue weighted by Crippen LogP contribution is 2.32. The molecule has 5 heteroatoms. The van der Waals surface area contributed by atoms with Crippen LogP contribution in [0.3, 0.4) is 0 Å². The number of ether oxygens (including phenoxy) is 1. The number of fused-ring (bicyclic) bond motifs is 1. The Morgan fingerprint density at radius 3 is 2.50 bits per heavy atom. The summed E-state index contributed by atoms with van der Waals surface area (Å²) in [5.74, 6) is 0.619. The van der Waals surface area contributed by atoms with Crippen LogP contribution in [0, 0.1) is 13.8 Å². The first-order chi connectivity index (χ1) is 14.5. The van der Waals surface area contributed by atoms with E-state index in [1.165, 1.54) is 16.8 Å². The number of halogens is 1. The molecule has 0 unspecified atom stereocenters. The molecular formula is C25H29ClN2O2. The number of hydrogen-bond acceptors (Lipinski definition) is 4. The summed E-state index contributed by atoms with van der Waals surface area (Å²) in [6.07, 6.45) is -0.555. The summed E-state index contributed by atoms with van der Waals surface area (Å²) in [5.41, 5.74) is 3.94. The van der Waals surface area contributed by atoms with Crippen molar-refractivity contribution in [2.75, 3.05) is 44.2 Å².